The quantitative estimate of drug-likeness (QED) is 0.684. The highest BCUT2D eigenvalue weighted by atomic mass is 32.1. The molecule has 21 heavy (non-hydrogen) atoms. The predicted octanol–water partition coefficient (Wildman–Crippen LogP) is 2.22. The van der Waals surface area contributed by atoms with Gasteiger partial charge < -0.3 is 15.7 Å². The van der Waals surface area contributed by atoms with Crippen molar-refractivity contribution < 1.29 is 14.7 Å². The number of carbonyl (C=O) groups is 2. The maximum atomic E-state index is 11.6. The number of carboxylic acids is 1. The van der Waals surface area contributed by atoms with Crippen molar-refractivity contribution in [2.75, 3.05) is 11.9 Å². The van der Waals surface area contributed by atoms with Crippen LogP contribution in [0.4, 0.5) is 5.13 Å². The minimum absolute atomic E-state index is 0.000467. The highest BCUT2D eigenvalue weighted by Gasteiger charge is 2.32. The number of aromatic nitrogens is 1. The van der Waals surface area contributed by atoms with Gasteiger partial charge in [-0.1, -0.05) is 6.92 Å². The summed E-state index contributed by atoms with van der Waals surface area (Å²) < 4.78 is 0. The first-order valence-corrected chi connectivity index (χ1v) is 7.88. The molecular formula is C14H23N3O3S. The summed E-state index contributed by atoms with van der Waals surface area (Å²) in [4.78, 5) is 27.0. The Balaban J connectivity index is 2.46. The molecule has 1 heterocycles. The second-order valence-electron chi connectivity index (χ2n) is 5.52. The number of anilines is 1. The van der Waals surface area contributed by atoms with Crippen LogP contribution in [0.2, 0.25) is 0 Å². The number of hydrogen-bond donors (Lipinski definition) is 3. The molecule has 0 saturated heterocycles. The lowest BCUT2D eigenvalue weighted by Gasteiger charge is -2.15. The fourth-order valence-corrected chi connectivity index (χ4v) is 2.39. The summed E-state index contributed by atoms with van der Waals surface area (Å²) in [6.45, 7) is 7.70. The first kappa shape index (κ1) is 17.4. The van der Waals surface area contributed by atoms with E-state index in [4.69, 9.17) is 5.11 Å². The normalized spacial score (nSPS) is 12.8. The molecule has 1 unspecified atom stereocenters. The van der Waals surface area contributed by atoms with E-state index in [0.717, 1.165) is 6.42 Å². The van der Waals surface area contributed by atoms with Gasteiger partial charge in [0.25, 0.3) is 0 Å². The summed E-state index contributed by atoms with van der Waals surface area (Å²) in [5.41, 5.74) is -0.490. The van der Waals surface area contributed by atoms with Crippen LogP contribution in [0.1, 0.15) is 46.2 Å². The van der Waals surface area contributed by atoms with Crippen LogP contribution in [0.3, 0.4) is 0 Å². The molecule has 118 valence electrons. The standard InChI is InChI=1S/C14H23N3O3S/c1-5-9(2)16-11(18)6-7-15-13-17-10(8-21-13)14(3,4)12(19)20/h8-9H,5-7H2,1-4H3,(H,15,17)(H,16,18)(H,19,20). The summed E-state index contributed by atoms with van der Waals surface area (Å²) in [6.07, 6.45) is 1.26. The lowest BCUT2D eigenvalue weighted by atomic mass is 9.90. The molecule has 7 heteroatoms. The van der Waals surface area contributed by atoms with Gasteiger partial charge in [-0.05, 0) is 27.2 Å². The first-order valence-electron chi connectivity index (χ1n) is 7.00. The summed E-state index contributed by atoms with van der Waals surface area (Å²) in [6, 6.07) is 0.181. The van der Waals surface area contributed by atoms with E-state index in [2.05, 4.69) is 15.6 Å². The Labute approximate surface area is 129 Å². The smallest absolute Gasteiger partial charge is 0.315 e. The van der Waals surface area contributed by atoms with Gasteiger partial charge in [0.2, 0.25) is 5.91 Å². The molecule has 1 rings (SSSR count). The zero-order valence-corrected chi connectivity index (χ0v) is 13.7. The van der Waals surface area contributed by atoms with Gasteiger partial charge in [-0.2, -0.15) is 0 Å². The monoisotopic (exact) mass is 313 g/mol. The summed E-state index contributed by atoms with van der Waals surface area (Å²) in [5, 5.41) is 17.5. The van der Waals surface area contributed by atoms with E-state index in [1.165, 1.54) is 11.3 Å². The molecule has 0 spiro atoms. The molecule has 6 nitrogen and oxygen atoms in total. The number of nitrogens with zero attached hydrogens (tertiary/aromatic N) is 1. The minimum atomic E-state index is -1.01. The van der Waals surface area contributed by atoms with E-state index in [1.807, 2.05) is 13.8 Å². The summed E-state index contributed by atoms with van der Waals surface area (Å²) >= 11 is 1.35. The average Bonchev–Trinajstić information content (AvgIpc) is 2.87. The third-order valence-corrected chi connectivity index (χ3v) is 4.13. The Morgan fingerprint density at radius 3 is 2.71 bits per heavy atom. The number of carboxylic acid groups (broad SMARTS) is 1. The van der Waals surface area contributed by atoms with E-state index in [1.54, 1.807) is 19.2 Å². The van der Waals surface area contributed by atoms with Crippen LogP contribution in [0, 0.1) is 0 Å². The number of rotatable bonds is 8. The molecule has 1 atom stereocenters. The van der Waals surface area contributed by atoms with E-state index in [9.17, 15) is 9.59 Å². The fraction of sp³-hybridized carbons (Fsp3) is 0.643. The molecule has 0 saturated carbocycles. The van der Waals surface area contributed by atoms with Gasteiger partial charge >= 0.3 is 5.97 Å². The second kappa shape index (κ2) is 7.40. The molecule has 0 radical (unpaired) electrons. The van der Waals surface area contributed by atoms with Gasteiger partial charge in [-0.3, -0.25) is 9.59 Å². The number of amides is 1. The van der Waals surface area contributed by atoms with Crippen molar-refractivity contribution in [2.24, 2.45) is 0 Å². The summed E-state index contributed by atoms with van der Waals surface area (Å²) in [7, 11) is 0. The molecule has 0 aliphatic heterocycles. The van der Waals surface area contributed by atoms with E-state index in [0.29, 0.717) is 23.8 Å². The zero-order valence-electron chi connectivity index (χ0n) is 12.9. The van der Waals surface area contributed by atoms with Crippen molar-refractivity contribution in [1.82, 2.24) is 10.3 Å². The molecule has 3 N–H and O–H groups in total. The van der Waals surface area contributed by atoms with Gasteiger partial charge in [0.15, 0.2) is 5.13 Å². The molecule has 0 bridgehead atoms. The number of hydrogen-bond acceptors (Lipinski definition) is 5. The zero-order chi connectivity index (χ0) is 16.0. The first-order chi connectivity index (χ1) is 9.77. The van der Waals surface area contributed by atoms with E-state index < -0.39 is 11.4 Å². The lowest BCUT2D eigenvalue weighted by molar-refractivity contribution is -0.142. The molecule has 1 aromatic heterocycles. The third kappa shape index (κ3) is 5.00. The molecular weight excluding hydrogens is 290 g/mol. The Morgan fingerprint density at radius 1 is 1.48 bits per heavy atom. The van der Waals surface area contributed by atoms with Crippen LogP contribution in [-0.4, -0.2) is 34.6 Å². The molecule has 1 amide bonds. The number of aliphatic carboxylic acids is 1. The Morgan fingerprint density at radius 2 is 2.14 bits per heavy atom. The Bertz CT molecular complexity index is 499. The minimum Gasteiger partial charge on any atom is -0.481 e. The van der Waals surface area contributed by atoms with Gasteiger partial charge in [-0.15, -0.1) is 11.3 Å². The van der Waals surface area contributed by atoms with Crippen LogP contribution in [0.15, 0.2) is 5.38 Å². The molecule has 1 aromatic rings. The van der Waals surface area contributed by atoms with Crippen LogP contribution >= 0.6 is 11.3 Å². The SMILES string of the molecule is CCC(C)NC(=O)CCNc1nc(C(C)(C)C(=O)O)cs1. The Kier molecular flexibility index (Phi) is 6.14. The van der Waals surface area contributed by atoms with Crippen LogP contribution in [0.25, 0.3) is 0 Å². The van der Waals surface area contributed by atoms with Crippen LogP contribution < -0.4 is 10.6 Å². The van der Waals surface area contributed by atoms with Crippen molar-refractivity contribution in [3.63, 3.8) is 0 Å². The van der Waals surface area contributed by atoms with Crippen LogP contribution in [0.5, 0.6) is 0 Å². The number of thiazole rings is 1. The average molecular weight is 313 g/mol. The third-order valence-electron chi connectivity index (χ3n) is 3.33. The van der Waals surface area contributed by atoms with Crippen molar-refractivity contribution >= 4 is 28.3 Å². The highest BCUT2D eigenvalue weighted by Crippen LogP contribution is 2.27. The summed E-state index contributed by atoms with van der Waals surface area (Å²) in [5.74, 6) is -0.910. The maximum Gasteiger partial charge on any atom is 0.315 e. The molecule has 0 aliphatic rings. The molecule has 0 fully saturated rings. The predicted molar refractivity (Wildman–Crippen MR) is 83.8 cm³/mol. The van der Waals surface area contributed by atoms with E-state index >= 15 is 0 Å². The van der Waals surface area contributed by atoms with Crippen molar-refractivity contribution in [2.45, 2.75) is 52.0 Å². The van der Waals surface area contributed by atoms with Gasteiger partial charge in [0, 0.05) is 24.4 Å². The number of carbonyl (C=O) groups excluding carboxylic acids is 1. The van der Waals surface area contributed by atoms with Crippen molar-refractivity contribution in [3.8, 4) is 0 Å². The van der Waals surface area contributed by atoms with Gasteiger partial charge in [-0.25, -0.2) is 4.98 Å². The maximum absolute atomic E-state index is 11.6. The largest absolute Gasteiger partial charge is 0.481 e. The number of nitrogens with one attached hydrogen (secondary N) is 2. The highest BCUT2D eigenvalue weighted by molar-refractivity contribution is 7.13. The van der Waals surface area contributed by atoms with Gasteiger partial charge in [0.1, 0.15) is 5.41 Å². The lowest BCUT2D eigenvalue weighted by Crippen LogP contribution is -2.33. The topological polar surface area (TPSA) is 91.3 Å². The second-order valence-corrected chi connectivity index (χ2v) is 6.38. The van der Waals surface area contributed by atoms with Crippen molar-refractivity contribution in [3.05, 3.63) is 11.1 Å². The van der Waals surface area contributed by atoms with Gasteiger partial charge in [0.05, 0.1) is 5.69 Å². The fourth-order valence-electron chi connectivity index (χ4n) is 1.48. The van der Waals surface area contributed by atoms with Crippen molar-refractivity contribution in [1.29, 1.82) is 0 Å². The Hall–Kier alpha value is -1.63. The van der Waals surface area contributed by atoms with E-state index in [-0.39, 0.29) is 11.9 Å². The molecule has 0 aromatic carbocycles. The van der Waals surface area contributed by atoms with Crippen LogP contribution in [-0.2, 0) is 15.0 Å². The molecule has 0 aliphatic carbocycles.